The predicted molar refractivity (Wildman–Crippen MR) is 45.8 cm³/mol. The van der Waals surface area contributed by atoms with Gasteiger partial charge in [0.05, 0.1) is 0 Å². The van der Waals surface area contributed by atoms with Gasteiger partial charge in [-0.15, -0.1) is 0 Å². The van der Waals surface area contributed by atoms with E-state index in [0.29, 0.717) is 0 Å². The number of aryl methyl sites for hydroxylation is 1. The van der Waals surface area contributed by atoms with E-state index >= 15 is 0 Å². The fraction of sp³-hybridized carbons (Fsp3) is 0.556. The number of hydrogen-bond acceptors (Lipinski definition) is 1. The van der Waals surface area contributed by atoms with Crippen LogP contribution < -0.4 is 5.32 Å². The summed E-state index contributed by atoms with van der Waals surface area (Å²) < 4.78 is 0. The van der Waals surface area contributed by atoms with E-state index in [2.05, 4.69) is 23.3 Å². The number of H-pyrrole nitrogens is 1. The van der Waals surface area contributed by atoms with Crippen LogP contribution in [0.4, 0.5) is 0 Å². The van der Waals surface area contributed by atoms with E-state index in [1.807, 2.05) is 0 Å². The zero-order chi connectivity index (χ0) is 7.68. The van der Waals surface area contributed by atoms with Crippen molar-refractivity contribution in [2.75, 3.05) is 13.1 Å². The Labute approximate surface area is 67.0 Å². The van der Waals surface area contributed by atoms with E-state index in [0.717, 1.165) is 19.5 Å². The number of aromatic nitrogens is 1. The van der Waals surface area contributed by atoms with Crippen molar-refractivity contribution in [3.05, 3.63) is 23.0 Å². The van der Waals surface area contributed by atoms with Crippen LogP contribution in [0.25, 0.3) is 0 Å². The van der Waals surface area contributed by atoms with Gasteiger partial charge in [0, 0.05) is 24.4 Å². The Kier molecular flexibility index (Phi) is 1.70. The van der Waals surface area contributed by atoms with Gasteiger partial charge in [-0.1, -0.05) is 0 Å². The molecule has 2 N–H and O–H groups in total. The quantitative estimate of drug-likeness (QED) is 0.567. The van der Waals surface area contributed by atoms with Crippen molar-refractivity contribution in [2.24, 2.45) is 0 Å². The van der Waals surface area contributed by atoms with Gasteiger partial charge in [-0.3, -0.25) is 0 Å². The number of fused-ring (bicyclic) bond motifs is 1. The van der Waals surface area contributed by atoms with Crippen molar-refractivity contribution < 1.29 is 0 Å². The first-order valence-corrected chi connectivity index (χ1v) is 4.24. The Balaban J connectivity index is 2.32. The van der Waals surface area contributed by atoms with Crippen LogP contribution in [0.5, 0.6) is 0 Å². The first-order chi connectivity index (χ1) is 5.36. The summed E-state index contributed by atoms with van der Waals surface area (Å²) >= 11 is 0. The van der Waals surface area contributed by atoms with Crippen molar-refractivity contribution in [3.63, 3.8) is 0 Å². The molecule has 0 aliphatic carbocycles. The number of hydrogen-bond donors (Lipinski definition) is 2. The van der Waals surface area contributed by atoms with E-state index in [9.17, 15) is 0 Å². The molecular weight excluding hydrogens is 136 g/mol. The second-order valence-corrected chi connectivity index (χ2v) is 3.21. The van der Waals surface area contributed by atoms with Crippen molar-refractivity contribution >= 4 is 0 Å². The standard InChI is InChI=1S/C9H14N2/c1-7-6-8-2-4-10-5-3-9(8)11-7/h6,10-11H,2-5H2,1H3. The third-order valence-corrected chi connectivity index (χ3v) is 2.25. The topological polar surface area (TPSA) is 27.8 Å². The van der Waals surface area contributed by atoms with E-state index in [1.54, 1.807) is 0 Å². The lowest BCUT2D eigenvalue weighted by Crippen LogP contribution is -2.16. The van der Waals surface area contributed by atoms with Gasteiger partial charge in [-0.25, -0.2) is 0 Å². The van der Waals surface area contributed by atoms with Crippen molar-refractivity contribution in [3.8, 4) is 0 Å². The molecule has 2 rings (SSSR count). The zero-order valence-corrected chi connectivity index (χ0v) is 6.91. The van der Waals surface area contributed by atoms with Crippen molar-refractivity contribution in [1.82, 2.24) is 10.3 Å². The van der Waals surface area contributed by atoms with Gasteiger partial charge in [0.2, 0.25) is 0 Å². The summed E-state index contributed by atoms with van der Waals surface area (Å²) in [4.78, 5) is 3.40. The highest BCUT2D eigenvalue weighted by Gasteiger charge is 2.08. The molecule has 0 bridgehead atoms. The summed E-state index contributed by atoms with van der Waals surface area (Å²) in [7, 11) is 0. The molecule has 0 atom stereocenters. The van der Waals surface area contributed by atoms with E-state index in [4.69, 9.17) is 0 Å². The molecule has 2 heterocycles. The second kappa shape index (κ2) is 2.70. The fourth-order valence-electron chi connectivity index (χ4n) is 1.71. The van der Waals surface area contributed by atoms with Crippen LogP contribution in [0.15, 0.2) is 6.07 Å². The smallest absolute Gasteiger partial charge is 0.0194 e. The highest BCUT2D eigenvalue weighted by atomic mass is 14.9. The third kappa shape index (κ3) is 1.31. The Morgan fingerprint density at radius 1 is 1.27 bits per heavy atom. The van der Waals surface area contributed by atoms with E-state index in [1.165, 1.54) is 23.4 Å². The minimum absolute atomic E-state index is 1.12. The summed E-state index contributed by atoms with van der Waals surface area (Å²) in [6.07, 6.45) is 2.34. The largest absolute Gasteiger partial charge is 0.362 e. The first-order valence-electron chi connectivity index (χ1n) is 4.24. The maximum atomic E-state index is 3.40. The summed E-state index contributed by atoms with van der Waals surface area (Å²) in [5.74, 6) is 0. The molecule has 0 fully saturated rings. The summed E-state index contributed by atoms with van der Waals surface area (Å²) in [5.41, 5.74) is 4.25. The number of nitrogens with one attached hydrogen (secondary N) is 2. The fourth-order valence-corrected chi connectivity index (χ4v) is 1.71. The molecule has 1 aromatic heterocycles. The highest BCUT2D eigenvalue weighted by Crippen LogP contribution is 2.13. The van der Waals surface area contributed by atoms with Crippen LogP contribution in [0.2, 0.25) is 0 Å². The van der Waals surface area contributed by atoms with Crippen LogP contribution in [0, 0.1) is 6.92 Å². The van der Waals surface area contributed by atoms with Gasteiger partial charge < -0.3 is 10.3 Å². The molecule has 0 saturated heterocycles. The molecule has 0 unspecified atom stereocenters. The van der Waals surface area contributed by atoms with Crippen LogP contribution in [-0.2, 0) is 12.8 Å². The maximum absolute atomic E-state index is 3.40. The summed E-state index contributed by atoms with van der Waals surface area (Å²) in [6, 6.07) is 2.27. The minimum Gasteiger partial charge on any atom is -0.362 e. The van der Waals surface area contributed by atoms with Crippen LogP contribution in [-0.4, -0.2) is 18.1 Å². The minimum atomic E-state index is 1.12. The molecule has 2 nitrogen and oxygen atoms in total. The highest BCUT2D eigenvalue weighted by molar-refractivity contribution is 5.26. The molecule has 0 saturated carbocycles. The van der Waals surface area contributed by atoms with Gasteiger partial charge >= 0.3 is 0 Å². The van der Waals surface area contributed by atoms with E-state index < -0.39 is 0 Å². The summed E-state index contributed by atoms with van der Waals surface area (Å²) in [5, 5.41) is 3.38. The van der Waals surface area contributed by atoms with Crippen LogP contribution in [0.3, 0.4) is 0 Å². The third-order valence-electron chi connectivity index (χ3n) is 2.25. The Morgan fingerprint density at radius 2 is 2.09 bits per heavy atom. The molecular formula is C9H14N2. The molecule has 0 aromatic carbocycles. The molecule has 11 heavy (non-hydrogen) atoms. The maximum Gasteiger partial charge on any atom is 0.0194 e. The van der Waals surface area contributed by atoms with Gasteiger partial charge in [0.15, 0.2) is 0 Å². The molecule has 0 spiro atoms. The summed E-state index contributed by atoms with van der Waals surface area (Å²) in [6.45, 7) is 4.37. The Hall–Kier alpha value is -0.760. The molecule has 1 aliphatic heterocycles. The normalized spacial score (nSPS) is 17.5. The average molecular weight is 150 g/mol. The van der Waals surface area contributed by atoms with Gasteiger partial charge in [0.25, 0.3) is 0 Å². The lowest BCUT2D eigenvalue weighted by atomic mass is 10.1. The predicted octanol–water partition coefficient (Wildman–Crippen LogP) is 1.01. The van der Waals surface area contributed by atoms with Crippen LogP contribution >= 0.6 is 0 Å². The Morgan fingerprint density at radius 3 is 3.00 bits per heavy atom. The Bertz CT molecular complexity index is 227. The second-order valence-electron chi connectivity index (χ2n) is 3.21. The monoisotopic (exact) mass is 150 g/mol. The van der Waals surface area contributed by atoms with Crippen LogP contribution in [0.1, 0.15) is 17.0 Å². The van der Waals surface area contributed by atoms with Gasteiger partial charge in [-0.2, -0.15) is 0 Å². The molecule has 1 aliphatic rings. The molecule has 2 heteroatoms. The zero-order valence-electron chi connectivity index (χ0n) is 6.91. The van der Waals surface area contributed by atoms with Crippen molar-refractivity contribution in [1.29, 1.82) is 0 Å². The van der Waals surface area contributed by atoms with Gasteiger partial charge in [0.1, 0.15) is 0 Å². The number of aromatic amines is 1. The van der Waals surface area contributed by atoms with Gasteiger partial charge in [-0.05, 0) is 31.5 Å². The van der Waals surface area contributed by atoms with E-state index in [-0.39, 0.29) is 0 Å². The lowest BCUT2D eigenvalue weighted by Gasteiger charge is -1.94. The van der Waals surface area contributed by atoms with Crippen molar-refractivity contribution in [2.45, 2.75) is 19.8 Å². The molecule has 0 amide bonds. The molecule has 0 radical (unpaired) electrons. The first kappa shape index (κ1) is 6.92. The number of rotatable bonds is 0. The molecule has 1 aromatic rings. The SMILES string of the molecule is Cc1cc2c([nH]1)CCNCC2. The lowest BCUT2D eigenvalue weighted by molar-refractivity contribution is 0.706. The average Bonchev–Trinajstić information content (AvgIpc) is 2.17. The molecule has 60 valence electrons.